The largest absolute Gasteiger partial charge is 0.332 e. The molecule has 1 fully saturated rings. The highest BCUT2D eigenvalue weighted by atomic mass is 19.1. The second-order valence-corrected chi connectivity index (χ2v) is 8.25. The van der Waals surface area contributed by atoms with Gasteiger partial charge in [0.2, 0.25) is 0 Å². The summed E-state index contributed by atoms with van der Waals surface area (Å²) >= 11 is 0. The standard InChI is InChI=1S/C21H26FN5O2/c1-14-5-4-10-26(11-14)13-17-23-19-18(20(28)25(3)21(29)24(19)2)27(17)12-15-6-8-16(22)9-7-15/h6-9,14H,4-5,10-13H2,1-3H3/p+1/t14-/m0/s1. The van der Waals surface area contributed by atoms with Crippen LogP contribution in [0.1, 0.15) is 31.2 Å². The number of quaternary nitrogens is 1. The maximum Gasteiger partial charge on any atom is 0.332 e. The molecule has 1 aliphatic heterocycles. The Labute approximate surface area is 168 Å². The fourth-order valence-electron chi connectivity index (χ4n) is 4.35. The molecule has 0 amide bonds. The van der Waals surface area contributed by atoms with E-state index in [4.69, 9.17) is 4.98 Å². The van der Waals surface area contributed by atoms with E-state index < -0.39 is 0 Å². The maximum atomic E-state index is 13.3. The van der Waals surface area contributed by atoms with E-state index in [2.05, 4.69) is 6.92 Å². The summed E-state index contributed by atoms with van der Waals surface area (Å²) in [5, 5.41) is 0. The monoisotopic (exact) mass is 400 g/mol. The zero-order chi connectivity index (χ0) is 20.7. The number of likely N-dealkylation sites (tertiary alicyclic amines) is 1. The van der Waals surface area contributed by atoms with E-state index in [1.807, 2.05) is 4.57 Å². The molecule has 2 aromatic heterocycles. The number of nitrogens with zero attached hydrogens (tertiary/aromatic N) is 4. The van der Waals surface area contributed by atoms with Gasteiger partial charge in [-0.15, -0.1) is 0 Å². The van der Waals surface area contributed by atoms with Gasteiger partial charge in [-0.25, -0.2) is 14.2 Å². The van der Waals surface area contributed by atoms with Gasteiger partial charge < -0.3 is 9.47 Å². The molecule has 1 aromatic carbocycles. The molecule has 2 atom stereocenters. The number of benzene rings is 1. The van der Waals surface area contributed by atoms with Crippen LogP contribution in [0.4, 0.5) is 4.39 Å². The Morgan fingerprint density at radius 1 is 1.17 bits per heavy atom. The van der Waals surface area contributed by atoms with Crippen molar-refractivity contribution >= 4 is 11.2 Å². The minimum Gasteiger partial charge on any atom is -0.328 e. The number of aromatic nitrogens is 4. The van der Waals surface area contributed by atoms with Gasteiger partial charge in [-0.2, -0.15) is 0 Å². The number of nitrogens with one attached hydrogen (secondary N) is 1. The van der Waals surface area contributed by atoms with Crippen LogP contribution in [0, 0.1) is 11.7 Å². The summed E-state index contributed by atoms with van der Waals surface area (Å²) in [6.45, 7) is 5.50. The molecule has 0 radical (unpaired) electrons. The maximum absolute atomic E-state index is 13.3. The highest BCUT2D eigenvalue weighted by molar-refractivity contribution is 5.71. The molecule has 1 saturated heterocycles. The van der Waals surface area contributed by atoms with Crippen LogP contribution in [0.3, 0.4) is 0 Å². The minimum atomic E-state index is -0.389. The lowest BCUT2D eigenvalue weighted by atomic mass is 10.0. The number of rotatable bonds is 4. The van der Waals surface area contributed by atoms with Crippen LogP contribution in [0.5, 0.6) is 0 Å². The number of piperidine rings is 1. The SMILES string of the molecule is C[C@H]1CCC[NH+](Cc2nc3c(c(=O)n(C)c(=O)n3C)n2Cc2ccc(F)cc2)C1. The van der Waals surface area contributed by atoms with Gasteiger partial charge in [-0.3, -0.25) is 13.9 Å². The third-order valence-corrected chi connectivity index (χ3v) is 5.95. The lowest BCUT2D eigenvalue weighted by Crippen LogP contribution is -3.12. The van der Waals surface area contributed by atoms with Crippen LogP contribution in [0.2, 0.25) is 0 Å². The summed E-state index contributed by atoms with van der Waals surface area (Å²) in [5.74, 6) is 1.15. The first-order valence-electron chi connectivity index (χ1n) is 10.1. The van der Waals surface area contributed by atoms with Crippen LogP contribution >= 0.6 is 0 Å². The summed E-state index contributed by atoms with van der Waals surface area (Å²) in [5.41, 5.74) is 0.952. The quantitative estimate of drug-likeness (QED) is 0.691. The third kappa shape index (κ3) is 3.64. The summed E-state index contributed by atoms with van der Waals surface area (Å²) < 4.78 is 17.8. The van der Waals surface area contributed by atoms with Crippen LogP contribution in [0.15, 0.2) is 33.9 Å². The molecule has 1 unspecified atom stereocenters. The van der Waals surface area contributed by atoms with Crippen molar-refractivity contribution in [1.82, 2.24) is 18.7 Å². The number of halogens is 1. The van der Waals surface area contributed by atoms with Gasteiger partial charge in [0, 0.05) is 26.6 Å². The Kier molecular flexibility index (Phi) is 5.12. The summed E-state index contributed by atoms with van der Waals surface area (Å²) in [7, 11) is 3.12. The van der Waals surface area contributed by atoms with Crippen LogP contribution in [-0.4, -0.2) is 31.8 Å². The van der Waals surface area contributed by atoms with Crippen LogP contribution in [0.25, 0.3) is 11.2 Å². The molecule has 7 nitrogen and oxygen atoms in total. The summed E-state index contributed by atoms with van der Waals surface area (Å²) in [4.78, 5) is 31.5. The normalized spacial score (nSPS) is 19.7. The summed E-state index contributed by atoms with van der Waals surface area (Å²) in [6.07, 6.45) is 2.42. The molecule has 4 rings (SSSR count). The second-order valence-electron chi connectivity index (χ2n) is 8.25. The Morgan fingerprint density at radius 2 is 1.90 bits per heavy atom. The van der Waals surface area contributed by atoms with E-state index in [1.54, 1.807) is 19.2 Å². The van der Waals surface area contributed by atoms with Crippen molar-refractivity contribution in [2.45, 2.75) is 32.9 Å². The lowest BCUT2D eigenvalue weighted by Gasteiger charge is -2.27. The van der Waals surface area contributed by atoms with Crippen molar-refractivity contribution in [2.75, 3.05) is 13.1 Å². The zero-order valence-electron chi connectivity index (χ0n) is 17.1. The first-order chi connectivity index (χ1) is 13.8. The van der Waals surface area contributed by atoms with Gasteiger partial charge in [0.1, 0.15) is 12.4 Å². The van der Waals surface area contributed by atoms with Crippen molar-refractivity contribution in [1.29, 1.82) is 0 Å². The Bertz CT molecular complexity index is 1160. The molecule has 1 N–H and O–H groups in total. The van der Waals surface area contributed by atoms with Crippen molar-refractivity contribution in [3.8, 4) is 0 Å². The summed E-state index contributed by atoms with van der Waals surface area (Å²) in [6, 6.07) is 6.26. The van der Waals surface area contributed by atoms with E-state index in [9.17, 15) is 14.0 Å². The molecule has 0 aliphatic carbocycles. The fraction of sp³-hybridized carbons (Fsp3) is 0.476. The molecule has 0 saturated carbocycles. The fourth-order valence-corrected chi connectivity index (χ4v) is 4.35. The van der Waals surface area contributed by atoms with E-state index in [-0.39, 0.29) is 17.1 Å². The highest BCUT2D eigenvalue weighted by Crippen LogP contribution is 2.15. The van der Waals surface area contributed by atoms with Gasteiger partial charge in [-0.1, -0.05) is 19.1 Å². The molecule has 154 valence electrons. The number of hydrogen-bond acceptors (Lipinski definition) is 3. The Morgan fingerprint density at radius 3 is 2.59 bits per heavy atom. The predicted molar refractivity (Wildman–Crippen MR) is 109 cm³/mol. The number of fused-ring (bicyclic) bond motifs is 1. The molecule has 29 heavy (non-hydrogen) atoms. The molecular weight excluding hydrogens is 373 g/mol. The first kappa shape index (κ1) is 19.6. The average Bonchev–Trinajstić information content (AvgIpc) is 3.04. The lowest BCUT2D eigenvalue weighted by molar-refractivity contribution is -0.922. The van der Waals surface area contributed by atoms with Crippen molar-refractivity contribution in [3.63, 3.8) is 0 Å². The van der Waals surface area contributed by atoms with Crippen LogP contribution in [-0.2, 0) is 27.2 Å². The second kappa shape index (κ2) is 7.59. The number of hydrogen-bond donors (Lipinski definition) is 1. The minimum absolute atomic E-state index is 0.297. The van der Waals surface area contributed by atoms with Crippen molar-refractivity contribution in [3.05, 3.63) is 62.3 Å². The van der Waals surface area contributed by atoms with E-state index in [0.29, 0.717) is 30.2 Å². The molecular formula is C21H27FN5O2+. The third-order valence-electron chi connectivity index (χ3n) is 5.95. The molecule has 8 heteroatoms. The van der Waals surface area contributed by atoms with E-state index >= 15 is 0 Å². The zero-order valence-corrected chi connectivity index (χ0v) is 17.1. The topological polar surface area (TPSA) is 66.3 Å². The van der Waals surface area contributed by atoms with Crippen molar-refractivity contribution < 1.29 is 9.29 Å². The van der Waals surface area contributed by atoms with Gasteiger partial charge in [0.25, 0.3) is 5.56 Å². The molecule has 0 spiro atoms. The highest BCUT2D eigenvalue weighted by Gasteiger charge is 2.25. The van der Waals surface area contributed by atoms with Gasteiger partial charge in [0.15, 0.2) is 17.0 Å². The predicted octanol–water partition coefficient (Wildman–Crippen LogP) is 0.436. The Hall–Kier alpha value is -2.74. The average molecular weight is 400 g/mol. The van der Waals surface area contributed by atoms with Gasteiger partial charge in [-0.05, 0) is 30.5 Å². The molecule has 0 bridgehead atoms. The Balaban J connectivity index is 1.85. The van der Waals surface area contributed by atoms with Gasteiger partial charge in [0.05, 0.1) is 13.1 Å². The van der Waals surface area contributed by atoms with Gasteiger partial charge >= 0.3 is 5.69 Å². The number of aryl methyl sites for hydroxylation is 1. The first-order valence-corrected chi connectivity index (χ1v) is 10.1. The van der Waals surface area contributed by atoms with E-state index in [0.717, 1.165) is 29.0 Å². The number of imidazole rings is 1. The van der Waals surface area contributed by atoms with E-state index in [1.165, 1.54) is 41.5 Å². The molecule has 3 aromatic rings. The van der Waals surface area contributed by atoms with Crippen LogP contribution < -0.4 is 16.1 Å². The van der Waals surface area contributed by atoms with Crippen molar-refractivity contribution in [2.24, 2.45) is 20.0 Å². The molecule has 1 aliphatic rings. The molecule has 3 heterocycles. The smallest absolute Gasteiger partial charge is 0.328 e.